The molecule has 1 amide bonds. The molecular weight excluding hydrogens is 158 g/mol. The summed E-state index contributed by atoms with van der Waals surface area (Å²) < 4.78 is 4.57. The molecule has 0 aliphatic carbocycles. The van der Waals surface area contributed by atoms with Crippen LogP contribution >= 0.6 is 0 Å². The number of amides is 1. The van der Waals surface area contributed by atoms with Crippen LogP contribution < -0.4 is 0 Å². The summed E-state index contributed by atoms with van der Waals surface area (Å²) >= 11 is 0. The van der Waals surface area contributed by atoms with Crippen molar-refractivity contribution in [2.45, 2.75) is 0 Å². The van der Waals surface area contributed by atoms with E-state index in [9.17, 15) is 9.59 Å². The number of hydrogen-bond donors (Lipinski definition) is 0. The van der Waals surface area contributed by atoms with Crippen LogP contribution in [0.5, 0.6) is 0 Å². The third-order valence-electron chi connectivity index (χ3n) is 1.43. The van der Waals surface area contributed by atoms with Gasteiger partial charge < -0.3 is 9.64 Å². The van der Waals surface area contributed by atoms with E-state index in [1.54, 1.807) is 0 Å². The van der Waals surface area contributed by atoms with Crippen LogP contribution in [0.15, 0.2) is 24.5 Å². The Labute approximate surface area is 70.1 Å². The average molecular weight is 167 g/mol. The zero-order chi connectivity index (χ0) is 8.97. The molecule has 0 fully saturated rings. The highest BCUT2D eigenvalue weighted by Gasteiger charge is 2.15. The molecule has 0 saturated heterocycles. The lowest BCUT2D eigenvalue weighted by molar-refractivity contribution is -0.107. The van der Waals surface area contributed by atoms with E-state index in [1.165, 1.54) is 4.90 Å². The Kier molecular flexibility index (Phi) is 2.63. The molecule has 0 saturated carbocycles. The van der Waals surface area contributed by atoms with Gasteiger partial charge in [0.2, 0.25) is 0 Å². The van der Waals surface area contributed by atoms with Gasteiger partial charge in [-0.3, -0.25) is 4.79 Å². The quantitative estimate of drug-likeness (QED) is 0.263. The minimum absolute atomic E-state index is 0.160. The van der Waals surface area contributed by atoms with Crippen LogP contribution in [-0.2, 0) is 9.53 Å². The van der Waals surface area contributed by atoms with Crippen molar-refractivity contribution in [3.63, 3.8) is 0 Å². The van der Waals surface area contributed by atoms with Gasteiger partial charge >= 0.3 is 6.09 Å². The lowest BCUT2D eigenvalue weighted by atomic mass is 10.6. The number of aldehydes is 1. The first kappa shape index (κ1) is 8.52. The van der Waals surface area contributed by atoms with E-state index in [0.29, 0.717) is 19.4 Å². The summed E-state index contributed by atoms with van der Waals surface area (Å²) in [7, 11) is 0. The summed E-state index contributed by atoms with van der Waals surface area (Å²) in [5, 5.41) is 0. The molecule has 0 spiro atoms. The fourth-order valence-corrected chi connectivity index (χ4v) is 0.828. The summed E-state index contributed by atoms with van der Waals surface area (Å²) in [4.78, 5) is 22.6. The fourth-order valence-electron chi connectivity index (χ4n) is 0.828. The van der Waals surface area contributed by atoms with Crippen molar-refractivity contribution in [1.29, 1.82) is 0 Å². The van der Waals surface area contributed by atoms with Crippen molar-refractivity contribution in [3.8, 4) is 0 Å². The molecule has 4 heteroatoms. The standard InChI is InChI=1S/C8H9NO3/c1-7(6-10)12-8(11)9-4-2-3-5-9/h2-3,6H,1,4-5H2. The molecule has 1 aliphatic heterocycles. The average Bonchev–Trinajstić information content (AvgIpc) is 2.56. The van der Waals surface area contributed by atoms with Crippen LogP contribution in [0.4, 0.5) is 4.79 Å². The third-order valence-corrected chi connectivity index (χ3v) is 1.43. The van der Waals surface area contributed by atoms with Crippen LogP contribution in [0.1, 0.15) is 0 Å². The Morgan fingerprint density at radius 3 is 2.58 bits per heavy atom. The van der Waals surface area contributed by atoms with E-state index in [-0.39, 0.29) is 5.76 Å². The molecule has 0 atom stereocenters. The van der Waals surface area contributed by atoms with Gasteiger partial charge in [-0.1, -0.05) is 18.7 Å². The molecule has 1 aliphatic rings. The van der Waals surface area contributed by atoms with Gasteiger partial charge in [0.05, 0.1) is 0 Å². The Bertz CT molecular complexity index is 237. The van der Waals surface area contributed by atoms with Gasteiger partial charge in [0.25, 0.3) is 0 Å². The summed E-state index contributed by atoms with van der Waals surface area (Å²) in [6, 6.07) is 0. The summed E-state index contributed by atoms with van der Waals surface area (Å²) in [6.45, 7) is 4.29. The van der Waals surface area contributed by atoms with E-state index in [1.807, 2.05) is 12.2 Å². The number of allylic oxidation sites excluding steroid dienone is 1. The minimum Gasteiger partial charge on any atom is -0.407 e. The highest BCUT2D eigenvalue weighted by molar-refractivity contribution is 5.77. The van der Waals surface area contributed by atoms with Crippen molar-refractivity contribution in [2.75, 3.05) is 13.1 Å². The smallest absolute Gasteiger partial charge is 0.407 e. The van der Waals surface area contributed by atoms with E-state index in [4.69, 9.17) is 0 Å². The molecule has 0 unspecified atom stereocenters. The first-order chi connectivity index (χ1) is 5.74. The molecule has 0 radical (unpaired) electrons. The van der Waals surface area contributed by atoms with Gasteiger partial charge in [-0.15, -0.1) is 0 Å². The Balaban J connectivity index is 2.38. The minimum atomic E-state index is -0.530. The normalized spacial score (nSPS) is 14.5. The van der Waals surface area contributed by atoms with Gasteiger partial charge in [0.1, 0.15) is 0 Å². The maximum Gasteiger partial charge on any atom is 0.415 e. The topological polar surface area (TPSA) is 46.6 Å². The second kappa shape index (κ2) is 3.71. The van der Waals surface area contributed by atoms with Gasteiger partial charge in [-0.2, -0.15) is 0 Å². The zero-order valence-electron chi connectivity index (χ0n) is 6.53. The molecule has 0 bridgehead atoms. The van der Waals surface area contributed by atoms with Crippen molar-refractivity contribution in [2.24, 2.45) is 0 Å². The van der Waals surface area contributed by atoms with Crippen LogP contribution in [0, 0.1) is 0 Å². The van der Waals surface area contributed by atoms with Gasteiger partial charge in [-0.05, 0) is 0 Å². The second-order valence-corrected chi connectivity index (χ2v) is 2.33. The molecule has 0 aromatic heterocycles. The third kappa shape index (κ3) is 1.95. The molecular formula is C8H9NO3. The summed E-state index contributed by atoms with van der Waals surface area (Å²) in [5.74, 6) is -0.160. The van der Waals surface area contributed by atoms with E-state index in [0.717, 1.165) is 0 Å². The SMILES string of the molecule is C=C(C=O)OC(=O)N1CC=CC1. The highest BCUT2D eigenvalue weighted by Crippen LogP contribution is 2.03. The Morgan fingerprint density at radius 2 is 2.08 bits per heavy atom. The molecule has 1 rings (SSSR count). The largest absolute Gasteiger partial charge is 0.415 e. The maximum atomic E-state index is 11.1. The van der Waals surface area contributed by atoms with Gasteiger partial charge in [0.15, 0.2) is 12.0 Å². The second-order valence-electron chi connectivity index (χ2n) is 2.33. The molecule has 1 heterocycles. The number of nitrogens with zero attached hydrogens (tertiary/aromatic N) is 1. The van der Waals surface area contributed by atoms with Crippen molar-refractivity contribution >= 4 is 12.4 Å². The fraction of sp³-hybridized carbons (Fsp3) is 0.250. The summed E-state index contributed by atoms with van der Waals surface area (Å²) in [6.07, 6.45) is 3.58. The van der Waals surface area contributed by atoms with Crippen molar-refractivity contribution in [1.82, 2.24) is 4.90 Å². The number of carbonyl (C=O) groups excluding carboxylic acids is 2. The molecule has 0 aromatic rings. The van der Waals surface area contributed by atoms with Gasteiger partial charge in [0, 0.05) is 13.1 Å². The Morgan fingerprint density at radius 1 is 1.50 bits per heavy atom. The molecule has 64 valence electrons. The number of ether oxygens (including phenoxy) is 1. The first-order valence-corrected chi connectivity index (χ1v) is 3.50. The Hall–Kier alpha value is -1.58. The highest BCUT2D eigenvalue weighted by atomic mass is 16.6. The molecule has 0 aromatic carbocycles. The summed E-state index contributed by atoms with van der Waals surface area (Å²) in [5.41, 5.74) is 0. The van der Waals surface area contributed by atoms with Crippen LogP contribution in [-0.4, -0.2) is 30.4 Å². The number of rotatable bonds is 2. The zero-order valence-corrected chi connectivity index (χ0v) is 6.53. The van der Waals surface area contributed by atoms with Crippen LogP contribution in [0.2, 0.25) is 0 Å². The maximum absolute atomic E-state index is 11.1. The lowest BCUT2D eigenvalue weighted by Gasteiger charge is -2.13. The molecule has 0 N–H and O–H groups in total. The monoisotopic (exact) mass is 167 g/mol. The van der Waals surface area contributed by atoms with Crippen molar-refractivity contribution < 1.29 is 14.3 Å². The molecule has 12 heavy (non-hydrogen) atoms. The van der Waals surface area contributed by atoms with Crippen LogP contribution in [0.3, 0.4) is 0 Å². The van der Waals surface area contributed by atoms with E-state index in [2.05, 4.69) is 11.3 Å². The number of carbonyl (C=O) groups is 2. The van der Waals surface area contributed by atoms with Gasteiger partial charge in [-0.25, -0.2) is 4.79 Å². The van der Waals surface area contributed by atoms with Crippen LogP contribution in [0.25, 0.3) is 0 Å². The van der Waals surface area contributed by atoms with E-state index >= 15 is 0 Å². The predicted octanol–water partition coefficient (Wildman–Crippen LogP) is 0.707. The van der Waals surface area contributed by atoms with Crippen molar-refractivity contribution in [3.05, 3.63) is 24.5 Å². The predicted molar refractivity (Wildman–Crippen MR) is 42.4 cm³/mol. The first-order valence-electron chi connectivity index (χ1n) is 3.50. The number of hydrogen-bond acceptors (Lipinski definition) is 3. The lowest BCUT2D eigenvalue weighted by Crippen LogP contribution is -2.28. The van der Waals surface area contributed by atoms with E-state index < -0.39 is 6.09 Å². The molecule has 4 nitrogen and oxygen atoms in total.